The summed E-state index contributed by atoms with van der Waals surface area (Å²) in [5, 5.41) is 3.02. The van der Waals surface area contributed by atoms with Gasteiger partial charge in [0.25, 0.3) is 5.91 Å². The minimum Gasteiger partial charge on any atom is -0.379 e. The van der Waals surface area contributed by atoms with Crippen LogP contribution in [0, 0.1) is 11.6 Å². The molecule has 0 saturated carbocycles. The minimum atomic E-state index is -0.289. The van der Waals surface area contributed by atoms with E-state index in [0.717, 1.165) is 29.1 Å². The van der Waals surface area contributed by atoms with Crippen LogP contribution in [0.5, 0.6) is 0 Å². The van der Waals surface area contributed by atoms with Crippen LogP contribution in [0.4, 0.5) is 8.78 Å². The van der Waals surface area contributed by atoms with Crippen molar-refractivity contribution in [1.29, 1.82) is 0 Å². The molecule has 30 heavy (non-hydrogen) atoms. The molecule has 2 aromatic carbocycles. The van der Waals surface area contributed by atoms with Crippen LogP contribution in [-0.4, -0.2) is 43.7 Å². The van der Waals surface area contributed by atoms with Crippen molar-refractivity contribution in [2.75, 3.05) is 32.8 Å². The van der Waals surface area contributed by atoms with E-state index in [4.69, 9.17) is 4.74 Å². The first-order chi connectivity index (χ1) is 14.6. The highest BCUT2D eigenvalue weighted by atomic mass is 32.1. The first-order valence-electron chi connectivity index (χ1n) is 9.81. The van der Waals surface area contributed by atoms with Gasteiger partial charge < -0.3 is 10.1 Å². The van der Waals surface area contributed by atoms with E-state index in [1.165, 1.54) is 35.6 Å². The molecule has 1 amide bonds. The maximum atomic E-state index is 13.4. The Bertz CT molecular complexity index is 983. The first-order valence-corrected chi connectivity index (χ1v) is 10.6. The molecule has 2 heterocycles. The summed E-state index contributed by atoms with van der Waals surface area (Å²) in [5.41, 5.74) is 1.83. The average molecular weight is 429 g/mol. The predicted octanol–water partition coefficient (Wildman–Crippen LogP) is 4.50. The Morgan fingerprint density at radius 2 is 1.60 bits per heavy atom. The molecule has 0 radical (unpaired) electrons. The second kappa shape index (κ2) is 9.47. The second-order valence-electron chi connectivity index (χ2n) is 7.10. The number of rotatable bonds is 6. The Morgan fingerprint density at radius 3 is 2.27 bits per heavy atom. The molecule has 3 aromatic rings. The summed E-state index contributed by atoms with van der Waals surface area (Å²) in [6.07, 6.45) is 0. The van der Waals surface area contributed by atoms with Gasteiger partial charge >= 0.3 is 0 Å². The van der Waals surface area contributed by atoms with Crippen molar-refractivity contribution in [1.82, 2.24) is 10.2 Å². The third-order valence-electron chi connectivity index (χ3n) is 5.16. The Morgan fingerprint density at radius 1 is 0.967 bits per heavy atom. The summed E-state index contributed by atoms with van der Waals surface area (Å²) in [6.45, 7) is 3.20. The van der Waals surface area contributed by atoms with Crippen LogP contribution >= 0.6 is 11.3 Å². The zero-order valence-corrected chi connectivity index (χ0v) is 17.1. The molecule has 1 aliphatic heterocycles. The summed E-state index contributed by atoms with van der Waals surface area (Å²) in [6, 6.07) is 16.2. The molecule has 4 rings (SSSR count). The van der Waals surface area contributed by atoms with Crippen molar-refractivity contribution >= 4 is 17.2 Å². The molecular weight excluding hydrogens is 406 g/mol. The average Bonchev–Trinajstić information content (AvgIpc) is 3.27. The van der Waals surface area contributed by atoms with E-state index >= 15 is 0 Å². The van der Waals surface area contributed by atoms with Gasteiger partial charge in [-0.1, -0.05) is 24.3 Å². The molecule has 1 N–H and O–H groups in total. The lowest BCUT2D eigenvalue weighted by Crippen LogP contribution is -2.43. The third-order valence-corrected chi connectivity index (χ3v) is 6.29. The van der Waals surface area contributed by atoms with E-state index in [-0.39, 0.29) is 23.6 Å². The molecule has 156 valence electrons. The lowest BCUT2D eigenvalue weighted by Gasteiger charge is -2.34. The molecule has 1 aliphatic rings. The summed E-state index contributed by atoms with van der Waals surface area (Å²) >= 11 is 1.37. The van der Waals surface area contributed by atoms with Crippen molar-refractivity contribution in [2.24, 2.45) is 0 Å². The number of hydrogen-bond donors (Lipinski definition) is 1. The van der Waals surface area contributed by atoms with Gasteiger partial charge in [0.15, 0.2) is 0 Å². The Labute approximate surface area is 178 Å². The fourth-order valence-corrected chi connectivity index (χ4v) is 4.47. The normalized spacial score (nSPS) is 15.7. The molecule has 0 spiro atoms. The second-order valence-corrected chi connectivity index (χ2v) is 8.18. The van der Waals surface area contributed by atoms with Crippen LogP contribution < -0.4 is 5.32 Å². The highest BCUT2D eigenvalue weighted by molar-refractivity contribution is 7.17. The van der Waals surface area contributed by atoms with E-state index in [1.54, 1.807) is 30.3 Å². The van der Waals surface area contributed by atoms with Crippen molar-refractivity contribution < 1.29 is 18.3 Å². The molecule has 7 heteroatoms. The van der Waals surface area contributed by atoms with Crippen molar-refractivity contribution in [2.45, 2.75) is 6.04 Å². The quantitative estimate of drug-likeness (QED) is 0.629. The van der Waals surface area contributed by atoms with Gasteiger partial charge in [0.05, 0.1) is 24.1 Å². The predicted molar refractivity (Wildman–Crippen MR) is 114 cm³/mol. The van der Waals surface area contributed by atoms with E-state index in [1.807, 2.05) is 6.07 Å². The molecule has 1 unspecified atom stereocenters. The molecular formula is C23H22F2N2O2S. The van der Waals surface area contributed by atoms with Gasteiger partial charge in [0.2, 0.25) is 0 Å². The summed E-state index contributed by atoms with van der Waals surface area (Å²) in [5.74, 6) is -0.729. The lowest BCUT2D eigenvalue weighted by atomic mass is 10.0. The Hall–Kier alpha value is -2.61. The highest BCUT2D eigenvalue weighted by Gasteiger charge is 2.23. The third kappa shape index (κ3) is 4.92. The summed E-state index contributed by atoms with van der Waals surface area (Å²) in [4.78, 5) is 16.5. The van der Waals surface area contributed by atoms with Crippen molar-refractivity contribution in [3.63, 3.8) is 0 Å². The van der Waals surface area contributed by atoms with Crippen LogP contribution in [0.2, 0.25) is 0 Å². The van der Waals surface area contributed by atoms with Crippen LogP contribution in [0.3, 0.4) is 0 Å². The molecule has 1 aromatic heterocycles. The fraction of sp³-hybridized carbons (Fsp3) is 0.261. The van der Waals surface area contributed by atoms with Gasteiger partial charge in [-0.15, -0.1) is 11.3 Å². The van der Waals surface area contributed by atoms with Gasteiger partial charge in [-0.3, -0.25) is 9.69 Å². The van der Waals surface area contributed by atoms with E-state index in [0.29, 0.717) is 24.6 Å². The van der Waals surface area contributed by atoms with Crippen LogP contribution in [-0.2, 0) is 4.74 Å². The molecule has 4 nitrogen and oxygen atoms in total. The minimum absolute atomic E-state index is 0.0602. The van der Waals surface area contributed by atoms with Gasteiger partial charge in [-0.2, -0.15) is 0 Å². The van der Waals surface area contributed by atoms with Gasteiger partial charge in [-0.05, 0) is 47.5 Å². The molecule has 0 aliphatic carbocycles. The maximum absolute atomic E-state index is 13.4. The standard InChI is InChI=1S/C23H22F2N2O2S/c24-18-5-1-16(2-6-18)20(27-11-13-29-14-12-27)15-26-23(28)22-10-9-21(30-22)17-3-7-19(25)8-4-17/h1-10,20H,11-15H2,(H,26,28). The molecule has 0 bridgehead atoms. The molecule has 1 fully saturated rings. The van der Waals surface area contributed by atoms with Crippen LogP contribution in [0.25, 0.3) is 10.4 Å². The van der Waals surface area contributed by atoms with Gasteiger partial charge in [0.1, 0.15) is 11.6 Å². The number of ether oxygens (including phenoxy) is 1. The lowest BCUT2D eigenvalue weighted by molar-refractivity contribution is 0.0162. The number of morpholine rings is 1. The number of nitrogens with zero attached hydrogens (tertiary/aromatic N) is 1. The summed E-state index contributed by atoms with van der Waals surface area (Å²) < 4.78 is 31.9. The summed E-state index contributed by atoms with van der Waals surface area (Å²) in [7, 11) is 0. The zero-order chi connectivity index (χ0) is 20.9. The number of carbonyl (C=O) groups is 1. The largest absolute Gasteiger partial charge is 0.379 e. The van der Waals surface area contributed by atoms with Crippen molar-refractivity contribution in [3.8, 4) is 10.4 Å². The molecule has 1 atom stereocenters. The number of thiophene rings is 1. The fourth-order valence-electron chi connectivity index (χ4n) is 3.54. The van der Waals surface area contributed by atoms with Crippen molar-refractivity contribution in [3.05, 3.63) is 82.7 Å². The Balaban J connectivity index is 1.45. The van der Waals surface area contributed by atoms with Crippen LogP contribution in [0.15, 0.2) is 60.7 Å². The zero-order valence-electron chi connectivity index (χ0n) is 16.3. The number of halogens is 2. The van der Waals surface area contributed by atoms with E-state index in [9.17, 15) is 13.6 Å². The topological polar surface area (TPSA) is 41.6 Å². The molecule has 1 saturated heterocycles. The highest BCUT2D eigenvalue weighted by Crippen LogP contribution is 2.28. The number of nitrogens with one attached hydrogen (secondary N) is 1. The number of hydrogen-bond acceptors (Lipinski definition) is 4. The number of benzene rings is 2. The maximum Gasteiger partial charge on any atom is 0.261 e. The number of amides is 1. The van der Waals surface area contributed by atoms with Crippen LogP contribution in [0.1, 0.15) is 21.3 Å². The number of carbonyl (C=O) groups excluding carboxylic acids is 1. The smallest absolute Gasteiger partial charge is 0.261 e. The first kappa shape index (κ1) is 20.7. The van der Waals surface area contributed by atoms with E-state index < -0.39 is 0 Å². The van der Waals surface area contributed by atoms with E-state index in [2.05, 4.69) is 10.2 Å². The SMILES string of the molecule is O=C(NCC(c1ccc(F)cc1)N1CCOCC1)c1ccc(-c2ccc(F)cc2)s1. The Kier molecular flexibility index (Phi) is 6.52. The van der Waals surface area contributed by atoms with Gasteiger partial charge in [0, 0.05) is 24.5 Å². The van der Waals surface area contributed by atoms with Gasteiger partial charge in [-0.25, -0.2) is 8.78 Å². The monoisotopic (exact) mass is 428 g/mol.